The van der Waals surface area contributed by atoms with E-state index < -0.39 is 0 Å². The van der Waals surface area contributed by atoms with Crippen molar-refractivity contribution in [3.05, 3.63) is 35.6 Å². The van der Waals surface area contributed by atoms with E-state index in [2.05, 4.69) is 5.32 Å². The molecule has 2 heteroatoms. The summed E-state index contributed by atoms with van der Waals surface area (Å²) in [5, 5.41) is 3.60. The fraction of sp³-hybridized carbons (Fsp3) is 0.647. The summed E-state index contributed by atoms with van der Waals surface area (Å²) in [6.45, 7) is 0.801. The predicted octanol–water partition coefficient (Wildman–Crippen LogP) is 4.42. The highest BCUT2D eigenvalue weighted by Crippen LogP contribution is 2.48. The number of halogens is 1. The van der Waals surface area contributed by atoms with Gasteiger partial charge in [0, 0.05) is 12.6 Å². The third-order valence-electron chi connectivity index (χ3n) is 5.19. The van der Waals surface area contributed by atoms with Crippen molar-refractivity contribution in [1.29, 1.82) is 0 Å². The number of rotatable bonds is 3. The zero-order valence-electron chi connectivity index (χ0n) is 11.6. The quantitative estimate of drug-likeness (QED) is 0.849. The predicted molar refractivity (Wildman–Crippen MR) is 76.4 cm³/mol. The van der Waals surface area contributed by atoms with E-state index in [1.807, 2.05) is 6.07 Å². The minimum Gasteiger partial charge on any atom is -0.310 e. The molecule has 0 bridgehead atoms. The molecule has 2 aliphatic carbocycles. The van der Waals surface area contributed by atoms with Crippen LogP contribution in [0.2, 0.25) is 0 Å². The SMILES string of the molecule is Fc1cccc(CNC2CCC3(CCCC3)CC2)c1. The van der Waals surface area contributed by atoms with Gasteiger partial charge in [0.2, 0.25) is 0 Å². The van der Waals surface area contributed by atoms with E-state index in [0.717, 1.165) is 12.1 Å². The summed E-state index contributed by atoms with van der Waals surface area (Å²) in [4.78, 5) is 0. The van der Waals surface area contributed by atoms with E-state index in [9.17, 15) is 4.39 Å². The molecule has 0 unspecified atom stereocenters. The molecule has 3 rings (SSSR count). The molecule has 0 aromatic heterocycles. The highest BCUT2D eigenvalue weighted by Gasteiger charge is 2.37. The number of hydrogen-bond acceptors (Lipinski definition) is 1. The Morgan fingerprint density at radius 1 is 1.11 bits per heavy atom. The molecule has 2 fully saturated rings. The van der Waals surface area contributed by atoms with E-state index >= 15 is 0 Å². The Hall–Kier alpha value is -0.890. The van der Waals surface area contributed by atoms with Gasteiger partial charge in [0.1, 0.15) is 5.82 Å². The van der Waals surface area contributed by atoms with Crippen LogP contribution in [0.1, 0.15) is 56.9 Å². The van der Waals surface area contributed by atoms with Crippen molar-refractivity contribution in [2.45, 2.75) is 64.0 Å². The van der Waals surface area contributed by atoms with E-state index in [4.69, 9.17) is 0 Å². The van der Waals surface area contributed by atoms with Gasteiger partial charge in [-0.1, -0.05) is 25.0 Å². The van der Waals surface area contributed by atoms with Crippen molar-refractivity contribution >= 4 is 0 Å². The van der Waals surface area contributed by atoms with E-state index in [0.29, 0.717) is 11.5 Å². The van der Waals surface area contributed by atoms with Crippen molar-refractivity contribution in [2.24, 2.45) is 5.41 Å². The van der Waals surface area contributed by atoms with Crippen LogP contribution in [-0.2, 0) is 6.54 Å². The van der Waals surface area contributed by atoms with Gasteiger partial charge in [-0.15, -0.1) is 0 Å². The Balaban J connectivity index is 1.47. The summed E-state index contributed by atoms with van der Waals surface area (Å²) in [5.74, 6) is -0.132. The second-order valence-corrected chi connectivity index (χ2v) is 6.49. The molecule has 0 radical (unpaired) electrons. The highest BCUT2D eigenvalue weighted by atomic mass is 19.1. The van der Waals surface area contributed by atoms with Crippen LogP contribution in [0.15, 0.2) is 24.3 Å². The molecule has 1 spiro atoms. The van der Waals surface area contributed by atoms with Gasteiger partial charge < -0.3 is 5.32 Å². The van der Waals surface area contributed by atoms with Crippen molar-refractivity contribution in [2.75, 3.05) is 0 Å². The molecule has 0 atom stereocenters. The maximum Gasteiger partial charge on any atom is 0.123 e. The minimum absolute atomic E-state index is 0.132. The summed E-state index contributed by atoms with van der Waals surface area (Å²) in [6.07, 6.45) is 11.2. The first-order chi connectivity index (χ1) is 9.26. The van der Waals surface area contributed by atoms with Crippen LogP contribution in [0.4, 0.5) is 4.39 Å². The molecule has 0 heterocycles. The van der Waals surface area contributed by atoms with Gasteiger partial charge in [-0.3, -0.25) is 0 Å². The smallest absolute Gasteiger partial charge is 0.123 e. The van der Waals surface area contributed by atoms with Gasteiger partial charge >= 0.3 is 0 Å². The van der Waals surface area contributed by atoms with Gasteiger partial charge in [0.15, 0.2) is 0 Å². The van der Waals surface area contributed by atoms with Gasteiger partial charge in [-0.2, -0.15) is 0 Å². The maximum absolute atomic E-state index is 13.1. The Kier molecular flexibility index (Phi) is 3.88. The lowest BCUT2D eigenvalue weighted by Crippen LogP contribution is -2.36. The third kappa shape index (κ3) is 3.17. The minimum atomic E-state index is -0.132. The van der Waals surface area contributed by atoms with E-state index in [1.54, 1.807) is 12.1 Å². The monoisotopic (exact) mass is 261 g/mol. The molecule has 19 heavy (non-hydrogen) atoms. The first kappa shape index (κ1) is 13.1. The maximum atomic E-state index is 13.1. The lowest BCUT2D eigenvalue weighted by molar-refractivity contribution is 0.168. The zero-order chi connectivity index (χ0) is 13.1. The fourth-order valence-electron chi connectivity index (χ4n) is 3.97. The lowest BCUT2D eigenvalue weighted by Gasteiger charge is -2.37. The topological polar surface area (TPSA) is 12.0 Å². The summed E-state index contributed by atoms with van der Waals surface area (Å²) in [7, 11) is 0. The highest BCUT2D eigenvalue weighted by molar-refractivity contribution is 5.16. The molecule has 2 aliphatic rings. The van der Waals surface area contributed by atoms with E-state index in [1.165, 1.54) is 57.4 Å². The molecular formula is C17H24FN. The Labute approximate surface area is 115 Å². The lowest BCUT2D eigenvalue weighted by atomic mass is 9.71. The Bertz CT molecular complexity index is 413. The number of nitrogens with one attached hydrogen (secondary N) is 1. The second-order valence-electron chi connectivity index (χ2n) is 6.49. The van der Waals surface area contributed by atoms with Gasteiger partial charge in [-0.25, -0.2) is 4.39 Å². The molecule has 2 saturated carbocycles. The summed E-state index contributed by atoms with van der Waals surface area (Å²) in [5.41, 5.74) is 1.76. The Morgan fingerprint density at radius 3 is 2.53 bits per heavy atom. The van der Waals surface area contributed by atoms with Gasteiger partial charge in [0.25, 0.3) is 0 Å². The molecule has 0 aliphatic heterocycles. The van der Waals surface area contributed by atoms with Crippen LogP contribution in [0, 0.1) is 11.2 Å². The van der Waals surface area contributed by atoms with Crippen molar-refractivity contribution in [3.8, 4) is 0 Å². The van der Waals surface area contributed by atoms with Crippen LogP contribution >= 0.6 is 0 Å². The summed E-state index contributed by atoms with van der Waals surface area (Å²) in [6, 6.07) is 7.56. The van der Waals surface area contributed by atoms with Crippen LogP contribution < -0.4 is 5.32 Å². The van der Waals surface area contributed by atoms with E-state index in [-0.39, 0.29) is 5.82 Å². The summed E-state index contributed by atoms with van der Waals surface area (Å²) >= 11 is 0. The van der Waals surface area contributed by atoms with Crippen molar-refractivity contribution < 1.29 is 4.39 Å². The molecule has 0 amide bonds. The summed E-state index contributed by atoms with van der Waals surface area (Å²) < 4.78 is 13.1. The largest absolute Gasteiger partial charge is 0.310 e. The standard InChI is InChI=1S/C17H24FN/c18-15-5-3-4-14(12-15)13-19-16-6-10-17(11-7-16)8-1-2-9-17/h3-5,12,16,19H,1-2,6-11,13H2. The van der Waals surface area contributed by atoms with Crippen LogP contribution in [0.3, 0.4) is 0 Å². The average molecular weight is 261 g/mol. The normalized spacial score (nSPS) is 23.0. The van der Waals surface area contributed by atoms with Gasteiger partial charge in [-0.05, 0) is 61.6 Å². The van der Waals surface area contributed by atoms with Crippen LogP contribution in [0.25, 0.3) is 0 Å². The average Bonchev–Trinajstić information content (AvgIpc) is 2.87. The second kappa shape index (κ2) is 5.62. The molecule has 1 aromatic rings. The van der Waals surface area contributed by atoms with Crippen LogP contribution in [-0.4, -0.2) is 6.04 Å². The molecule has 1 aromatic carbocycles. The molecular weight excluding hydrogens is 237 g/mol. The zero-order valence-corrected chi connectivity index (χ0v) is 11.6. The first-order valence-corrected chi connectivity index (χ1v) is 7.74. The fourth-order valence-corrected chi connectivity index (χ4v) is 3.97. The van der Waals surface area contributed by atoms with Crippen molar-refractivity contribution in [3.63, 3.8) is 0 Å². The third-order valence-corrected chi connectivity index (χ3v) is 5.19. The first-order valence-electron chi connectivity index (χ1n) is 7.74. The number of benzene rings is 1. The molecule has 104 valence electrons. The van der Waals surface area contributed by atoms with Gasteiger partial charge in [0.05, 0.1) is 0 Å². The van der Waals surface area contributed by atoms with Crippen LogP contribution in [0.5, 0.6) is 0 Å². The Morgan fingerprint density at radius 2 is 1.84 bits per heavy atom. The molecule has 0 saturated heterocycles. The number of hydrogen-bond donors (Lipinski definition) is 1. The van der Waals surface area contributed by atoms with Crippen molar-refractivity contribution in [1.82, 2.24) is 5.32 Å². The molecule has 1 N–H and O–H groups in total. The molecule has 1 nitrogen and oxygen atoms in total.